The predicted molar refractivity (Wildman–Crippen MR) is 72.5 cm³/mol. The Morgan fingerprint density at radius 1 is 0.900 bits per heavy atom. The Kier molecular flexibility index (Phi) is 5.14. The zero-order valence-corrected chi connectivity index (χ0v) is 11.9. The quantitative estimate of drug-likeness (QED) is 0.579. The number of carbonyl (C=O) groups is 2. The first-order chi connectivity index (χ1) is 9.56. The minimum atomic E-state index is -0.527. The van der Waals surface area contributed by atoms with E-state index >= 15 is 0 Å². The van der Waals surface area contributed by atoms with Crippen molar-refractivity contribution in [1.82, 2.24) is 10.6 Å². The van der Waals surface area contributed by atoms with Crippen LogP contribution in [0.4, 0.5) is 0 Å². The summed E-state index contributed by atoms with van der Waals surface area (Å²) in [5.74, 6) is -0.466. The van der Waals surface area contributed by atoms with E-state index in [2.05, 4.69) is 10.6 Å². The van der Waals surface area contributed by atoms with E-state index in [1.54, 1.807) is 0 Å². The highest BCUT2D eigenvalue weighted by atomic mass is 16.6. The van der Waals surface area contributed by atoms with Gasteiger partial charge in [-0.3, -0.25) is 10.6 Å². The second-order valence-electron chi connectivity index (χ2n) is 5.49. The van der Waals surface area contributed by atoms with Crippen LogP contribution in [0.15, 0.2) is 12.2 Å². The van der Waals surface area contributed by atoms with Crippen molar-refractivity contribution in [3.05, 3.63) is 12.2 Å². The molecule has 0 spiro atoms. The molecule has 0 aromatic rings. The van der Waals surface area contributed by atoms with Crippen molar-refractivity contribution in [3.63, 3.8) is 0 Å². The molecule has 2 aliphatic heterocycles. The van der Waals surface area contributed by atoms with Crippen molar-refractivity contribution in [1.29, 1.82) is 0 Å². The third-order valence-electron chi connectivity index (χ3n) is 3.77. The van der Waals surface area contributed by atoms with Crippen molar-refractivity contribution < 1.29 is 19.1 Å². The predicted octanol–water partition coefficient (Wildman–Crippen LogP) is 0.540. The second kappa shape index (κ2) is 6.85. The molecule has 4 atom stereocenters. The number of rotatable bonds is 4. The van der Waals surface area contributed by atoms with Crippen LogP contribution in [-0.2, 0) is 19.1 Å². The highest BCUT2D eigenvalue weighted by Crippen LogP contribution is 2.16. The van der Waals surface area contributed by atoms with Crippen molar-refractivity contribution >= 4 is 11.9 Å². The van der Waals surface area contributed by atoms with Gasteiger partial charge in [-0.05, 0) is 25.9 Å². The van der Waals surface area contributed by atoms with Gasteiger partial charge in [0.2, 0.25) is 0 Å². The van der Waals surface area contributed by atoms with Gasteiger partial charge in [0.1, 0.15) is 0 Å². The Bertz CT molecular complexity index is 361. The van der Waals surface area contributed by atoms with E-state index in [0.29, 0.717) is 11.8 Å². The first kappa shape index (κ1) is 15.0. The van der Waals surface area contributed by atoms with Crippen LogP contribution in [0.5, 0.6) is 0 Å². The van der Waals surface area contributed by atoms with Crippen molar-refractivity contribution in [2.75, 3.05) is 13.1 Å². The summed E-state index contributed by atoms with van der Waals surface area (Å²) < 4.78 is 10.4. The van der Waals surface area contributed by atoms with Gasteiger partial charge in [-0.1, -0.05) is 13.8 Å². The average molecular weight is 282 g/mol. The van der Waals surface area contributed by atoms with Crippen LogP contribution in [0.1, 0.15) is 26.7 Å². The third kappa shape index (κ3) is 4.05. The standard InChI is InChI=1S/C14H22N2O4/c1-9-5-7-15-13(9)19-11(17)3-4-12(18)20-14-10(2)6-8-16-14/h3-4,9-10,13-16H,5-8H2,1-2H3/b4-3-. The number of esters is 2. The molecule has 0 aliphatic carbocycles. The third-order valence-corrected chi connectivity index (χ3v) is 3.77. The fourth-order valence-electron chi connectivity index (χ4n) is 2.39. The molecule has 2 aliphatic rings. The van der Waals surface area contributed by atoms with E-state index in [9.17, 15) is 9.59 Å². The molecule has 0 radical (unpaired) electrons. The van der Waals surface area contributed by atoms with E-state index in [1.165, 1.54) is 0 Å². The Morgan fingerprint density at radius 3 is 1.60 bits per heavy atom. The molecule has 0 amide bonds. The van der Waals surface area contributed by atoms with Crippen LogP contribution < -0.4 is 10.6 Å². The molecule has 2 N–H and O–H groups in total. The Balaban J connectivity index is 1.73. The molecule has 6 nitrogen and oxygen atoms in total. The van der Waals surface area contributed by atoms with Gasteiger partial charge in [-0.15, -0.1) is 0 Å². The molecular weight excluding hydrogens is 260 g/mol. The number of nitrogens with one attached hydrogen (secondary N) is 2. The molecule has 2 rings (SSSR count). The lowest BCUT2D eigenvalue weighted by Crippen LogP contribution is -2.31. The summed E-state index contributed by atoms with van der Waals surface area (Å²) in [5.41, 5.74) is 0. The van der Waals surface area contributed by atoms with E-state index in [1.807, 2.05) is 13.8 Å². The Labute approximate surface area is 118 Å². The topological polar surface area (TPSA) is 76.7 Å². The summed E-state index contributed by atoms with van der Waals surface area (Å²) in [6.07, 6.45) is 3.67. The van der Waals surface area contributed by atoms with Crippen molar-refractivity contribution in [3.8, 4) is 0 Å². The van der Waals surface area contributed by atoms with Crippen LogP contribution in [0.3, 0.4) is 0 Å². The molecule has 0 aromatic carbocycles. The molecule has 2 saturated heterocycles. The van der Waals surface area contributed by atoms with Crippen LogP contribution in [-0.4, -0.2) is 37.5 Å². The van der Waals surface area contributed by atoms with Crippen LogP contribution in [0.25, 0.3) is 0 Å². The minimum Gasteiger partial charge on any atom is -0.443 e. The van der Waals surface area contributed by atoms with E-state index < -0.39 is 11.9 Å². The van der Waals surface area contributed by atoms with E-state index in [0.717, 1.165) is 38.1 Å². The van der Waals surface area contributed by atoms with Crippen LogP contribution in [0, 0.1) is 11.8 Å². The van der Waals surface area contributed by atoms with Gasteiger partial charge in [0.25, 0.3) is 0 Å². The lowest BCUT2D eigenvalue weighted by molar-refractivity contribution is -0.148. The van der Waals surface area contributed by atoms with Crippen LogP contribution >= 0.6 is 0 Å². The van der Waals surface area contributed by atoms with Gasteiger partial charge < -0.3 is 9.47 Å². The SMILES string of the molecule is CC1CCNC1OC(=O)/C=C\C(=O)OC1NCCC1C. The minimum absolute atomic E-state index is 0.264. The zero-order valence-electron chi connectivity index (χ0n) is 11.9. The summed E-state index contributed by atoms with van der Waals surface area (Å²) in [5, 5.41) is 6.17. The van der Waals surface area contributed by atoms with Gasteiger partial charge in [0, 0.05) is 24.0 Å². The molecule has 20 heavy (non-hydrogen) atoms. The summed E-state index contributed by atoms with van der Waals surface area (Å²) in [6.45, 7) is 5.72. The number of hydrogen-bond donors (Lipinski definition) is 2. The van der Waals surface area contributed by atoms with Gasteiger partial charge in [-0.2, -0.15) is 0 Å². The number of hydrogen-bond acceptors (Lipinski definition) is 6. The fraction of sp³-hybridized carbons (Fsp3) is 0.714. The van der Waals surface area contributed by atoms with Gasteiger partial charge in [-0.25, -0.2) is 9.59 Å². The molecule has 4 unspecified atom stereocenters. The first-order valence-electron chi connectivity index (χ1n) is 7.12. The normalized spacial score (nSPS) is 33.5. The first-order valence-corrected chi connectivity index (χ1v) is 7.12. The van der Waals surface area contributed by atoms with Crippen molar-refractivity contribution in [2.45, 2.75) is 39.1 Å². The van der Waals surface area contributed by atoms with E-state index in [4.69, 9.17) is 9.47 Å². The summed E-state index contributed by atoms with van der Waals surface area (Å²) >= 11 is 0. The van der Waals surface area contributed by atoms with Gasteiger partial charge >= 0.3 is 11.9 Å². The molecule has 6 heteroatoms. The van der Waals surface area contributed by atoms with Crippen molar-refractivity contribution in [2.24, 2.45) is 11.8 Å². The maximum atomic E-state index is 11.6. The molecule has 0 aromatic heterocycles. The van der Waals surface area contributed by atoms with Gasteiger partial charge in [0.05, 0.1) is 0 Å². The Morgan fingerprint density at radius 2 is 1.30 bits per heavy atom. The molecular formula is C14H22N2O4. The molecule has 0 saturated carbocycles. The second-order valence-corrected chi connectivity index (χ2v) is 5.49. The molecule has 2 heterocycles. The highest BCUT2D eigenvalue weighted by molar-refractivity contribution is 5.91. The lowest BCUT2D eigenvalue weighted by atomic mass is 10.1. The smallest absolute Gasteiger partial charge is 0.332 e. The fourth-order valence-corrected chi connectivity index (χ4v) is 2.39. The highest BCUT2D eigenvalue weighted by Gasteiger charge is 2.26. The summed E-state index contributed by atoms with van der Waals surface area (Å²) in [4.78, 5) is 23.2. The zero-order chi connectivity index (χ0) is 14.5. The van der Waals surface area contributed by atoms with Crippen LogP contribution in [0.2, 0.25) is 0 Å². The Hall–Kier alpha value is -1.40. The maximum Gasteiger partial charge on any atom is 0.332 e. The molecule has 2 fully saturated rings. The summed E-state index contributed by atoms with van der Waals surface area (Å²) in [7, 11) is 0. The lowest BCUT2D eigenvalue weighted by Gasteiger charge is -2.16. The monoisotopic (exact) mass is 282 g/mol. The van der Waals surface area contributed by atoms with Gasteiger partial charge in [0.15, 0.2) is 12.5 Å². The average Bonchev–Trinajstić information content (AvgIpc) is 2.98. The largest absolute Gasteiger partial charge is 0.443 e. The van der Waals surface area contributed by atoms with E-state index in [-0.39, 0.29) is 12.5 Å². The number of ether oxygens (including phenoxy) is 2. The maximum absolute atomic E-state index is 11.6. The molecule has 112 valence electrons. The summed E-state index contributed by atoms with van der Waals surface area (Å²) in [6, 6.07) is 0. The number of carbonyl (C=O) groups excluding carboxylic acids is 2. The molecule has 0 bridgehead atoms.